The van der Waals surface area contributed by atoms with Crippen LogP contribution in [0.3, 0.4) is 0 Å². The second-order valence-corrected chi connectivity index (χ2v) is 7.92. The van der Waals surface area contributed by atoms with Gasteiger partial charge in [0.1, 0.15) is 0 Å². The summed E-state index contributed by atoms with van der Waals surface area (Å²) in [6.07, 6.45) is 13.4. The fourth-order valence-corrected chi connectivity index (χ4v) is 3.18. The van der Waals surface area contributed by atoms with Crippen LogP contribution in [0.1, 0.15) is 85.5 Å². The number of piperidine rings is 2. The highest BCUT2D eigenvalue weighted by molar-refractivity contribution is 4.67. The number of aliphatic hydroxyl groups is 1. The van der Waals surface area contributed by atoms with Gasteiger partial charge in [0.25, 0.3) is 0 Å². The van der Waals surface area contributed by atoms with Crippen molar-refractivity contribution >= 4 is 0 Å². The molecule has 0 aromatic rings. The fraction of sp³-hybridized carbons (Fsp3) is 1.00. The van der Waals surface area contributed by atoms with Gasteiger partial charge in [0.15, 0.2) is 0 Å². The summed E-state index contributed by atoms with van der Waals surface area (Å²) in [4.78, 5) is 2.37. The molecule has 5 nitrogen and oxygen atoms in total. The van der Waals surface area contributed by atoms with E-state index in [1.165, 1.54) is 84.0 Å². The number of β-amino-alcohol motifs (C(OH)–C–C–N with tert-alkyl or cyclic N) is 1. The van der Waals surface area contributed by atoms with Crippen molar-refractivity contribution in [3.8, 4) is 0 Å². The van der Waals surface area contributed by atoms with Crippen LogP contribution in [0.2, 0.25) is 0 Å². The Hall–Kier alpha value is -0.200. The minimum atomic E-state index is -0.104. The number of rotatable bonds is 4. The molecule has 0 aromatic heterocycles. The van der Waals surface area contributed by atoms with Gasteiger partial charge >= 0.3 is 0 Å². The van der Waals surface area contributed by atoms with Crippen LogP contribution in [-0.2, 0) is 9.47 Å². The number of epoxide rings is 1. The smallest absolute Gasteiger partial charge is 0.0807 e. The Morgan fingerprint density at radius 1 is 0.929 bits per heavy atom. The minimum Gasteiger partial charge on any atom is -0.392 e. The molecule has 0 bridgehead atoms. The van der Waals surface area contributed by atoms with Gasteiger partial charge < -0.3 is 24.8 Å². The standard InChI is InChI=1S/C9H19NO.C5H11N.2C4H8O.CH4/c1-2-9(11)8-10-6-4-3-5-7-10;1-2-4-6-5-3-1;1-2-4-3-5-4;1-2-4-5-3-1;/h9,11H,2-8H2,1H3;6H,1-5H2;4H,2-3H2,1H3;1-4H2;1H4/t9-;;4-;;/m0.0../s1. The zero-order valence-electron chi connectivity index (χ0n) is 18.1. The third-order valence-electron chi connectivity index (χ3n) is 5.28. The van der Waals surface area contributed by atoms with Gasteiger partial charge in [-0.25, -0.2) is 0 Å². The molecule has 28 heavy (non-hydrogen) atoms. The number of aliphatic hydroxyl groups excluding tert-OH is 1. The summed E-state index contributed by atoms with van der Waals surface area (Å²) < 4.78 is 9.80. The average Bonchev–Trinajstić information content (AvgIpc) is 3.39. The van der Waals surface area contributed by atoms with Gasteiger partial charge in [-0.15, -0.1) is 0 Å². The number of likely N-dealkylation sites (tertiary alicyclic amines) is 1. The lowest BCUT2D eigenvalue weighted by Gasteiger charge is -2.27. The summed E-state index contributed by atoms with van der Waals surface area (Å²) in [5, 5.41) is 12.7. The second kappa shape index (κ2) is 20.1. The van der Waals surface area contributed by atoms with E-state index in [1.807, 2.05) is 6.92 Å². The summed E-state index contributed by atoms with van der Waals surface area (Å²) in [6.45, 7) is 13.0. The Morgan fingerprint density at radius 2 is 1.50 bits per heavy atom. The van der Waals surface area contributed by atoms with Crippen molar-refractivity contribution < 1.29 is 14.6 Å². The summed E-state index contributed by atoms with van der Waals surface area (Å²) in [5.41, 5.74) is 0. The quantitative estimate of drug-likeness (QED) is 0.689. The Labute approximate surface area is 175 Å². The van der Waals surface area contributed by atoms with E-state index in [1.54, 1.807) is 0 Å². The maximum absolute atomic E-state index is 9.37. The van der Waals surface area contributed by atoms with E-state index in [2.05, 4.69) is 17.1 Å². The van der Waals surface area contributed by atoms with E-state index in [0.717, 1.165) is 32.8 Å². The third-order valence-corrected chi connectivity index (χ3v) is 5.28. The normalized spacial score (nSPS) is 24.8. The zero-order valence-corrected chi connectivity index (χ0v) is 18.1. The SMILES string of the molecule is C.C1CCNCC1.C1CCOC1.CC[C@H](O)CN1CCCCC1.CC[C@H]1CO1. The highest BCUT2D eigenvalue weighted by Crippen LogP contribution is 2.11. The monoisotopic (exact) mass is 402 g/mol. The van der Waals surface area contributed by atoms with Crippen molar-refractivity contribution in [1.82, 2.24) is 10.2 Å². The first kappa shape index (κ1) is 27.8. The van der Waals surface area contributed by atoms with Crippen molar-refractivity contribution in [3.05, 3.63) is 0 Å². The van der Waals surface area contributed by atoms with Crippen LogP contribution in [0.25, 0.3) is 0 Å². The van der Waals surface area contributed by atoms with Crippen molar-refractivity contribution in [2.75, 3.05) is 52.5 Å². The molecule has 0 amide bonds. The van der Waals surface area contributed by atoms with Gasteiger partial charge in [-0.05, 0) is 77.5 Å². The Morgan fingerprint density at radius 3 is 1.79 bits per heavy atom. The predicted octanol–water partition coefficient (Wildman–Crippen LogP) is 4.23. The minimum absolute atomic E-state index is 0. The van der Waals surface area contributed by atoms with Crippen LogP contribution in [-0.4, -0.2) is 74.8 Å². The molecule has 2 atom stereocenters. The maximum Gasteiger partial charge on any atom is 0.0807 e. The van der Waals surface area contributed by atoms with E-state index in [-0.39, 0.29) is 13.5 Å². The molecule has 5 heteroatoms. The molecule has 4 aliphatic heterocycles. The van der Waals surface area contributed by atoms with Gasteiger partial charge in [-0.3, -0.25) is 0 Å². The topological polar surface area (TPSA) is 57.3 Å². The molecule has 0 aliphatic carbocycles. The number of nitrogens with one attached hydrogen (secondary N) is 1. The lowest BCUT2D eigenvalue weighted by molar-refractivity contribution is 0.0984. The van der Waals surface area contributed by atoms with Crippen LogP contribution < -0.4 is 5.32 Å². The molecule has 0 aromatic carbocycles. The predicted molar refractivity (Wildman–Crippen MR) is 120 cm³/mol. The first-order valence-corrected chi connectivity index (χ1v) is 11.6. The van der Waals surface area contributed by atoms with Crippen LogP contribution in [0, 0.1) is 0 Å². The average molecular weight is 403 g/mol. The summed E-state index contributed by atoms with van der Waals surface area (Å²) >= 11 is 0. The first-order valence-electron chi connectivity index (χ1n) is 11.6. The highest BCUT2D eigenvalue weighted by Gasteiger charge is 2.18. The molecule has 0 spiro atoms. The Kier molecular flexibility index (Phi) is 19.9. The van der Waals surface area contributed by atoms with Crippen molar-refractivity contribution in [1.29, 1.82) is 0 Å². The highest BCUT2D eigenvalue weighted by atomic mass is 16.6. The van der Waals surface area contributed by atoms with Gasteiger partial charge in [0.2, 0.25) is 0 Å². The molecule has 4 rings (SSSR count). The van der Waals surface area contributed by atoms with Gasteiger partial charge in [-0.1, -0.05) is 34.1 Å². The number of ether oxygens (including phenoxy) is 2. The molecule has 4 saturated heterocycles. The lowest BCUT2D eigenvalue weighted by atomic mass is 10.1. The van der Waals surface area contributed by atoms with Crippen LogP contribution >= 0.6 is 0 Å². The third kappa shape index (κ3) is 17.9. The number of hydrogen-bond acceptors (Lipinski definition) is 5. The summed E-state index contributed by atoms with van der Waals surface area (Å²) in [6, 6.07) is 0. The lowest BCUT2D eigenvalue weighted by Crippen LogP contribution is -2.36. The molecule has 4 heterocycles. The molecule has 0 saturated carbocycles. The zero-order chi connectivity index (χ0) is 19.6. The summed E-state index contributed by atoms with van der Waals surface area (Å²) in [5.74, 6) is 0. The molecule has 170 valence electrons. The van der Waals surface area contributed by atoms with Crippen LogP contribution in [0.15, 0.2) is 0 Å². The van der Waals surface area contributed by atoms with E-state index >= 15 is 0 Å². The molecule has 0 radical (unpaired) electrons. The van der Waals surface area contributed by atoms with Gasteiger partial charge in [0, 0.05) is 19.8 Å². The van der Waals surface area contributed by atoms with Crippen molar-refractivity contribution in [2.24, 2.45) is 0 Å². The van der Waals surface area contributed by atoms with Crippen molar-refractivity contribution in [2.45, 2.75) is 97.7 Å². The number of hydrogen-bond donors (Lipinski definition) is 2. The Bertz CT molecular complexity index is 281. The summed E-state index contributed by atoms with van der Waals surface area (Å²) in [7, 11) is 0. The first-order chi connectivity index (χ1) is 13.3. The van der Waals surface area contributed by atoms with Crippen molar-refractivity contribution in [3.63, 3.8) is 0 Å². The molecule has 2 N–H and O–H groups in total. The van der Waals surface area contributed by atoms with Crippen LogP contribution in [0.4, 0.5) is 0 Å². The molecular formula is C23H50N2O3. The molecule has 0 unspecified atom stereocenters. The van der Waals surface area contributed by atoms with Gasteiger partial charge in [0.05, 0.1) is 18.8 Å². The van der Waals surface area contributed by atoms with Crippen LogP contribution in [0.5, 0.6) is 0 Å². The van der Waals surface area contributed by atoms with Gasteiger partial charge in [-0.2, -0.15) is 0 Å². The van der Waals surface area contributed by atoms with E-state index in [0.29, 0.717) is 6.10 Å². The maximum atomic E-state index is 9.37. The van der Waals surface area contributed by atoms with E-state index < -0.39 is 0 Å². The fourth-order valence-electron chi connectivity index (χ4n) is 3.18. The number of nitrogens with zero attached hydrogens (tertiary/aromatic N) is 1. The molecule has 4 fully saturated rings. The largest absolute Gasteiger partial charge is 0.392 e. The molecular weight excluding hydrogens is 352 g/mol. The molecule has 4 aliphatic rings. The second-order valence-electron chi connectivity index (χ2n) is 7.92. The van der Waals surface area contributed by atoms with E-state index in [4.69, 9.17) is 9.47 Å². The van der Waals surface area contributed by atoms with E-state index in [9.17, 15) is 5.11 Å². The Balaban J connectivity index is 0.000000366.